The number of esters is 3. The molecule has 0 bridgehead atoms. The molecule has 11 atom stereocenters. The minimum absolute atomic E-state index is 0.0647. The smallest absolute Gasteiger partial charge is 0.308 e. The molecule has 3 heterocycles. The van der Waals surface area contributed by atoms with E-state index in [1.165, 1.54) is 13.8 Å². The highest BCUT2D eigenvalue weighted by Gasteiger charge is 2.78. The van der Waals surface area contributed by atoms with E-state index < -0.39 is 28.5 Å². The van der Waals surface area contributed by atoms with Crippen molar-refractivity contribution in [2.45, 2.75) is 104 Å². The first-order chi connectivity index (χ1) is 18.0. The molecule has 0 aromatic carbocycles. The summed E-state index contributed by atoms with van der Waals surface area (Å²) in [5, 5.41) is 0. The van der Waals surface area contributed by atoms with Gasteiger partial charge in [0, 0.05) is 31.6 Å². The van der Waals surface area contributed by atoms with E-state index in [4.69, 9.17) is 28.4 Å². The lowest BCUT2D eigenvalue weighted by Crippen LogP contribution is -2.70. The third-order valence-corrected chi connectivity index (χ3v) is 10.5. The number of rotatable bonds is 7. The molecule has 5 rings (SSSR count). The van der Waals surface area contributed by atoms with Crippen molar-refractivity contribution < 1.29 is 42.8 Å². The molecule has 0 N–H and O–H groups in total. The van der Waals surface area contributed by atoms with E-state index in [0.29, 0.717) is 32.3 Å². The highest BCUT2D eigenvalue weighted by atomic mass is 16.7. The van der Waals surface area contributed by atoms with E-state index in [0.717, 1.165) is 6.42 Å². The van der Waals surface area contributed by atoms with E-state index >= 15 is 0 Å². The summed E-state index contributed by atoms with van der Waals surface area (Å²) in [6, 6.07) is 0. The predicted octanol–water partition coefficient (Wildman–Crippen LogP) is 3.93. The Hall–Kier alpha value is -2.13. The van der Waals surface area contributed by atoms with Crippen molar-refractivity contribution >= 4 is 17.9 Å². The molecule has 0 aromatic heterocycles. The second-order valence-electron chi connectivity index (χ2n) is 12.4. The zero-order valence-electron chi connectivity index (χ0n) is 23.4. The molecule has 0 amide bonds. The fourth-order valence-electron chi connectivity index (χ4n) is 7.94. The molecular formula is C29H42O9. The fraction of sp³-hybridized carbons (Fsp3) is 0.828. The monoisotopic (exact) mass is 534 g/mol. The van der Waals surface area contributed by atoms with Crippen LogP contribution in [0.2, 0.25) is 0 Å². The number of hydrogen-bond donors (Lipinski definition) is 0. The summed E-state index contributed by atoms with van der Waals surface area (Å²) in [5.74, 6) is -1.11. The quantitative estimate of drug-likeness (QED) is 0.273. The summed E-state index contributed by atoms with van der Waals surface area (Å²) in [6.45, 7) is 11.6. The van der Waals surface area contributed by atoms with Crippen molar-refractivity contribution in [3.05, 3.63) is 12.3 Å². The van der Waals surface area contributed by atoms with Gasteiger partial charge in [0.1, 0.15) is 24.4 Å². The lowest BCUT2D eigenvalue weighted by Gasteiger charge is -2.64. The van der Waals surface area contributed by atoms with Crippen molar-refractivity contribution in [3.63, 3.8) is 0 Å². The highest BCUT2D eigenvalue weighted by Crippen LogP contribution is 2.70. The van der Waals surface area contributed by atoms with Crippen LogP contribution in [0.15, 0.2) is 12.3 Å². The van der Waals surface area contributed by atoms with Crippen LogP contribution < -0.4 is 0 Å². The number of carbonyl (C=O) groups excluding carboxylic acids is 3. The molecule has 38 heavy (non-hydrogen) atoms. The molecule has 212 valence electrons. The average molecular weight is 535 g/mol. The molecule has 0 radical (unpaired) electrons. The second kappa shape index (κ2) is 9.81. The number of hydrogen-bond acceptors (Lipinski definition) is 9. The summed E-state index contributed by atoms with van der Waals surface area (Å²) in [5.41, 5.74) is -1.96. The Bertz CT molecular complexity index is 989. The maximum Gasteiger partial charge on any atom is 0.308 e. The van der Waals surface area contributed by atoms with E-state index in [-0.39, 0.29) is 60.7 Å². The molecule has 4 fully saturated rings. The SMILES string of the molecule is CC[C@@H](C)C(=O)O[C@H]1C[C@@H]2[C@@](C)([C@@H]3C[C@H]4C=CO[C@@H]4O3)[C@H](C)C[C@H](OC(C)=O)[C@@]2(COC(C)=O)[C@@]2(CO2)C1. The van der Waals surface area contributed by atoms with Crippen LogP contribution in [0.1, 0.15) is 73.6 Å². The third kappa shape index (κ3) is 4.24. The van der Waals surface area contributed by atoms with Crippen molar-refractivity contribution in [1.29, 1.82) is 0 Å². The van der Waals surface area contributed by atoms with Crippen LogP contribution >= 0.6 is 0 Å². The minimum atomic E-state index is -0.803. The summed E-state index contributed by atoms with van der Waals surface area (Å²) in [4.78, 5) is 37.4. The zero-order chi connectivity index (χ0) is 27.5. The van der Waals surface area contributed by atoms with Gasteiger partial charge in [0.25, 0.3) is 0 Å². The molecule has 2 saturated heterocycles. The Kier molecular flexibility index (Phi) is 7.08. The van der Waals surface area contributed by atoms with Gasteiger partial charge in [0.2, 0.25) is 6.29 Å². The Morgan fingerprint density at radius 2 is 1.84 bits per heavy atom. The molecule has 0 aromatic rings. The van der Waals surface area contributed by atoms with Gasteiger partial charge < -0.3 is 28.4 Å². The number of ether oxygens (including phenoxy) is 6. The summed E-state index contributed by atoms with van der Waals surface area (Å²) in [6.07, 6.45) is 5.51. The minimum Gasteiger partial charge on any atom is -0.472 e. The standard InChI is InChI=1S/C29H42O9/c1-7-16(2)25(32)37-21-12-22-27(6,23-11-20-8-9-33-26(20)38-23)17(3)10-24(36-19(5)31)29(22,15-34-18(4)30)28(13-21)14-35-28/h8-9,16-17,20-24,26H,7,10-15H2,1-6H3/t16-,17-,20-,21+,22-,23+,24+,26-,27+,28+,29+/m1/s1. The maximum absolute atomic E-state index is 12.9. The molecule has 2 saturated carbocycles. The topological polar surface area (TPSA) is 110 Å². The van der Waals surface area contributed by atoms with Crippen molar-refractivity contribution in [2.24, 2.45) is 34.5 Å². The number of carbonyl (C=O) groups is 3. The Balaban J connectivity index is 1.59. The van der Waals surface area contributed by atoms with Gasteiger partial charge in [-0.15, -0.1) is 0 Å². The van der Waals surface area contributed by atoms with Gasteiger partial charge in [-0.1, -0.05) is 27.7 Å². The molecule has 5 aliphatic rings. The van der Waals surface area contributed by atoms with Crippen molar-refractivity contribution in [1.82, 2.24) is 0 Å². The van der Waals surface area contributed by atoms with Crippen LogP contribution in [0.25, 0.3) is 0 Å². The van der Waals surface area contributed by atoms with Gasteiger partial charge in [-0.2, -0.15) is 0 Å². The normalized spacial score (nSPS) is 45.5. The number of epoxide rings is 1. The summed E-state index contributed by atoms with van der Waals surface area (Å²) >= 11 is 0. The fourth-order valence-corrected chi connectivity index (χ4v) is 7.94. The zero-order valence-corrected chi connectivity index (χ0v) is 23.4. The lowest BCUT2D eigenvalue weighted by atomic mass is 9.42. The van der Waals surface area contributed by atoms with Crippen molar-refractivity contribution in [2.75, 3.05) is 13.2 Å². The van der Waals surface area contributed by atoms with E-state index in [1.54, 1.807) is 6.26 Å². The molecule has 0 unspecified atom stereocenters. The van der Waals surface area contributed by atoms with E-state index in [1.807, 2.05) is 13.8 Å². The summed E-state index contributed by atoms with van der Waals surface area (Å²) < 4.78 is 36.5. The Morgan fingerprint density at radius 1 is 1.11 bits per heavy atom. The van der Waals surface area contributed by atoms with Gasteiger partial charge in [0.05, 0.1) is 30.3 Å². The first kappa shape index (κ1) is 27.4. The molecular weight excluding hydrogens is 492 g/mol. The summed E-state index contributed by atoms with van der Waals surface area (Å²) in [7, 11) is 0. The van der Waals surface area contributed by atoms with Crippen LogP contribution in [0.5, 0.6) is 0 Å². The molecule has 1 spiro atoms. The highest BCUT2D eigenvalue weighted by molar-refractivity contribution is 5.72. The predicted molar refractivity (Wildman–Crippen MR) is 134 cm³/mol. The first-order valence-electron chi connectivity index (χ1n) is 14.1. The Labute approximate surface area is 224 Å². The van der Waals surface area contributed by atoms with Crippen LogP contribution in [0, 0.1) is 34.5 Å². The molecule has 9 nitrogen and oxygen atoms in total. The lowest BCUT2D eigenvalue weighted by molar-refractivity contribution is -0.264. The van der Waals surface area contributed by atoms with Crippen LogP contribution in [-0.4, -0.2) is 61.3 Å². The second-order valence-corrected chi connectivity index (χ2v) is 12.4. The van der Waals surface area contributed by atoms with Gasteiger partial charge in [0.15, 0.2) is 0 Å². The van der Waals surface area contributed by atoms with E-state index in [2.05, 4.69) is 19.9 Å². The van der Waals surface area contributed by atoms with Crippen LogP contribution in [0.3, 0.4) is 0 Å². The molecule has 9 heteroatoms. The van der Waals surface area contributed by atoms with Crippen LogP contribution in [0.4, 0.5) is 0 Å². The average Bonchev–Trinajstić information content (AvgIpc) is 3.29. The maximum atomic E-state index is 12.9. The van der Waals surface area contributed by atoms with Crippen LogP contribution in [-0.2, 0) is 42.8 Å². The Morgan fingerprint density at radius 3 is 2.45 bits per heavy atom. The van der Waals surface area contributed by atoms with Crippen molar-refractivity contribution in [3.8, 4) is 0 Å². The van der Waals surface area contributed by atoms with Gasteiger partial charge in [-0.25, -0.2) is 0 Å². The first-order valence-corrected chi connectivity index (χ1v) is 14.1. The molecule has 3 aliphatic heterocycles. The van der Waals surface area contributed by atoms with E-state index in [9.17, 15) is 14.4 Å². The largest absolute Gasteiger partial charge is 0.472 e. The van der Waals surface area contributed by atoms with Gasteiger partial charge >= 0.3 is 17.9 Å². The van der Waals surface area contributed by atoms with Gasteiger partial charge in [-0.05, 0) is 43.6 Å². The number of fused-ring (bicyclic) bond motifs is 3. The third-order valence-electron chi connectivity index (χ3n) is 10.5. The van der Waals surface area contributed by atoms with Gasteiger partial charge in [-0.3, -0.25) is 14.4 Å². The molecule has 2 aliphatic carbocycles.